The van der Waals surface area contributed by atoms with Crippen LogP contribution >= 0.6 is 0 Å². The highest BCUT2D eigenvalue weighted by Crippen LogP contribution is 2.31. The molecule has 0 amide bonds. The maximum Gasteiger partial charge on any atom is 0.364 e. The zero-order valence-corrected chi connectivity index (χ0v) is 10.6. The van der Waals surface area contributed by atoms with Crippen molar-refractivity contribution < 1.29 is 4.74 Å². The van der Waals surface area contributed by atoms with E-state index in [-0.39, 0.29) is 5.69 Å². The van der Waals surface area contributed by atoms with Crippen LogP contribution in [0.3, 0.4) is 0 Å². The molecule has 2 unspecified atom stereocenters. The van der Waals surface area contributed by atoms with Crippen LogP contribution in [0.1, 0.15) is 19.3 Å². The van der Waals surface area contributed by atoms with Gasteiger partial charge in [-0.2, -0.15) is 9.61 Å². The van der Waals surface area contributed by atoms with E-state index in [1.54, 1.807) is 12.1 Å². The minimum Gasteiger partial charge on any atom is -0.476 e. The van der Waals surface area contributed by atoms with Gasteiger partial charge in [-0.1, -0.05) is 6.42 Å². The van der Waals surface area contributed by atoms with Crippen molar-refractivity contribution in [3.8, 4) is 5.88 Å². The second-order valence-corrected chi connectivity index (χ2v) is 4.97. The van der Waals surface area contributed by atoms with E-state index in [4.69, 9.17) is 10.5 Å². The second kappa shape index (κ2) is 5.00. The van der Waals surface area contributed by atoms with E-state index in [1.807, 2.05) is 0 Å². The van der Waals surface area contributed by atoms with E-state index in [0.717, 1.165) is 6.42 Å². The summed E-state index contributed by atoms with van der Waals surface area (Å²) in [5.41, 5.74) is 5.87. The van der Waals surface area contributed by atoms with Gasteiger partial charge < -0.3 is 10.5 Å². The van der Waals surface area contributed by atoms with Gasteiger partial charge in [0.25, 0.3) is 0 Å². The Hall–Kier alpha value is -1.89. The van der Waals surface area contributed by atoms with Gasteiger partial charge in [-0.05, 0) is 37.3 Å². The molecular weight excluding hydrogens is 246 g/mol. The number of hydrogen-bond donors (Lipinski definition) is 2. The molecule has 2 aromatic heterocycles. The summed E-state index contributed by atoms with van der Waals surface area (Å²) in [5, 5.41) is 10.3. The van der Waals surface area contributed by atoms with Gasteiger partial charge in [0.1, 0.15) is 0 Å². The number of aromatic nitrogens is 4. The van der Waals surface area contributed by atoms with Gasteiger partial charge in [-0.25, -0.2) is 9.89 Å². The molecule has 2 heterocycles. The number of nitrogens with two attached hydrogens (primary N) is 1. The molecular formula is C12H17N5O2. The van der Waals surface area contributed by atoms with E-state index in [1.165, 1.54) is 17.4 Å². The highest BCUT2D eigenvalue weighted by atomic mass is 16.5. The van der Waals surface area contributed by atoms with Crippen molar-refractivity contribution in [2.75, 3.05) is 13.2 Å². The summed E-state index contributed by atoms with van der Waals surface area (Å²) >= 11 is 0. The van der Waals surface area contributed by atoms with Crippen LogP contribution in [-0.4, -0.2) is 33.0 Å². The van der Waals surface area contributed by atoms with E-state index in [0.29, 0.717) is 36.5 Å². The first-order valence-corrected chi connectivity index (χ1v) is 6.55. The number of rotatable bonds is 4. The quantitative estimate of drug-likeness (QED) is 0.819. The van der Waals surface area contributed by atoms with Crippen molar-refractivity contribution >= 4 is 5.65 Å². The van der Waals surface area contributed by atoms with Crippen LogP contribution in [0.25, 0.3) is 5.65 Å². The zero-order chi connectivity index (χ0) is 13.2. The standard InChI is InChI=1S/C12H17N5O2/c13-6-8-2-1-3-9(8)7-19-11-5-4-10-14-15-12(18)17(10)16-11/h4-5,8-9H,1-3,6-7,13H2,(H,15,18). The van der Waals surface area contributed by atoms with Crippen LogP contribution in [0.15, 0.2) is 16.9 Å². The Balaban J connectivity index is 1.71. The molecule has 0 bridgehead atoms. The van der Waals surface area contributed by atoms with Crippen LogP contribution in [0, 0.1) is 11.8 Å². The average Bonchev–Trinajstić information content (AvgIpc) is 3.03. The topological polar surface area (TPSA) is 98.3 Å². The summed E-state index contributed by atoms with van der Waals surface area (Å²) < 4.78 is 6.89. The predicted molar refractivity (Wildman–Crippen MR) is 69.0 cm³/mol. The lowest BCUT2D eigenvalue weighted by Gasteiger charge is -2.17. The molecule has 1 aliphatic carbocycles. The normalized spacial score (nSPS) is 23.0. The number of H-pyrrole nitrogens is 1. The van der Waals surface area contributed by atoms with Crippen molar-refractivity contribution in [3.63, 3.8) is 0 Å². The number of ether oxygens (including phenoxy) is 1. The third kappa shape index (κ3) is 2.33. The molecule has 0 aromatic carbocycles. The Kier molecular flexibility index (Phi) is 3.20. The molecule has 2 aromatic rings. The molecule has 0 spiro atoms. The molecule has 3 rings (SSSR count). The van der Waals surface area contributed by atoms with Crippen LogP contribution in [-0.2, 0) is 0 Å². The third-order valence-corrected chi connectivity index (χ3v) is 3.81. The molecule has 7 nitrogen and oxygen atoms in total. The first kappa shape index (κ1) is 12.2. The van der Waals surface area contributed by atoms with E-state index >= 15 is 0 Å². The number of hydrogen-bond acceptors (Lipinski definition) is 5. The monoisotopic (exact) mass is 263 g/mol. The number of fused-ring (bicyclic) bond motifs is 1. The highest BCUT2D eigenvalue weighted by molar-refractivity contribution is 5.35. The fraction of sp³-hybridized carbons (Fsp3) is 0.583. The third-order valence-electron chi connectivity index (χ3n) is 3.81. The predicted octanol–water partition coefficient (Wildman–Crippen LogP) is 0.171. The lowest BCUT2D eigenvalue weighted by molar-refractivity contribution is 0.208. The molecule has 0 radical (unpaired) electrons. The molecule has 0 aliphatic heterocycles. The Morgan fingerprint density at radius 2 is 2.26 bits per heavy atom. The van der Waals surface area contributed by atoms with Gasteiger partial charge in [-0.15, -0.1) is 5.10 Å². The minimum absolute atomic E-state index is 0.360. The maximum absolute atomic E-state index is 11.4. The summed E-state index contributed by atoms with van der Waals surface area (Å²) in [6.07, 6.45) is 3.54. The molecule has 1 saturated carbocycles. The van der Waals surface area contributed by atoms with Gasteiger partial charge in [0, 0.05) is 6.07 Å². The van der Waals surface area contributed by atoms with E-state index in [2.05, 4.69) is 15.3 Å². The number of nitrogens with one attached hydrogen (secondary N) is 1. The van der Waals surface area contributed by atoms with Crippen LogP contribution < -0.4 is 16.2 Å². The van der Waals surface area contributed by atoms with Gasteiger partial charge in [0.05, 0.1) is 6.61 Å². The smallest absolute Gasteiger partial charge is 0.364 e. The second-order valence-electron chi connectivity index (χ2n) is 4.97. The Morgan fingerprint density at radius 1 is 1.42 bits per heavy atom. The van der Waals surface area contributed by atoms with Gasteiger partial charge in [0.15, 0.2) is 5.65 Å². The van der Waals surface area contributed by atoms with Crippen molar-refractivity contribution in [2.45, 2.75) is 19.3 Å². The van der Waals surface area contributed by atoms with Crippen molar-refractivity contribution in [1.29, 1.82) is 0 Å². The van der Waals surface area contributed by atoms with Gasteiger partial charge in [0.2, 0.25) is 5.88 Å². The lowest BCUT2D eigenvalue weighted by atomic mass is 9.97. The molecule has 0 saturated heterocycles. The molecule has 2 atom stereocenters. The van der Waals surface area contributed by atoms with Crippen LogP contribution in [0.2, 0.25) is 0 Å². The van der Waals surface area contributed by atoms with E-state index < -0.39 is 0 Å². The summed E-state index contributed by atoms with van der Waals surface area (Å²) in [6.45, 7) is 1.31. The first-order chi connectivity index (χ1) is 9.28. The molecule has 1 fully saturated rings. The first-order valence-electron chi connectivity index (χ1n) is 6.55. The molecule has 7 heteroatoms. The highest BCUT2D eigenvalue weighted by Gasteiger charge is 2.26. The van der Waals surface area contributed by atoms with Crippen molar-refractivity contribution in [2.24, 2.45) is 17.6 Å². The Bertz CT molecular complexity index is 620. The van der Waals surface area contributed by atoms with Crippen LogP contribution in [0.4, 0.5) is 0 Å². The van der Waals surface area contributed by atoms with Crippen molar-refractivity contribution in [1.82, 2.24) is 19.8 Å². The van der Waals surface area contributed by atoms with Gasteiger partial charge >= 0.3 is 5.69 Å². The van der Waals surface area contributed by atoms with Crippen molar-refractivity contribution in [3.05, 3.63) is 22.6 Å². The Morgan fingerprint density at radius 3 is 3.11 bits per heavy atom. The fourth-order valence-corrected chi connectivity index (χ4v) is 2.70. The maximum atomic E-state index is 11.4. The Labute approximate surface area is 109 Å². The number of nitrogens with zero attached hydrogens (tertiary/aromatic N) is 3. The van der Waals surface area contributed by atoms with Crippen LogP contribution in [0.5, 0.6) is 5.88 Å². The molecule has 19 heavy (non-hydrogen) atoms. The summed E-state index contributed by atoms with van der Waals surface area (Å²) in [7, 11) is 0. The largest absolute Gasteiger partial charge is 0.476 e. The fourth-order valence-electron chi connectivity index (χ4n) is 2.70. The minimum atomic E-state index is -0.360. The molecule has 102 valence electrons. The summed E-state index contributed by atoms with van der Waals surface area (Å²) in [4.78, 5) is 11.4. The molecule has 1 aliphatic rings. The molecule has 3 N–H and O–H groups in total. The SMILES string of the molecule is NCC1CCCC1COc1ccc2n[nH]c(=O)n2n1. The average molecular weight is 263 g/mol. The van der Waals surface area contributed by atoms with E-state index in [9.17, 15) is 4.79 Å². The lowest BCUT2D eigenvalue weighted by Crippen LogP contribution is -2.24. The summed E-state index contributed by atoms with van der Waals surface area (Å²) in [6, 6.07) is 3.43. The summed E-state index contributed by atoms with van der Waals surface area (Å²) in [5.74, 6) is 1.47. The number of aromatic amines is 1. The van der Waals surface area contributed by atoms with Gasteiger partial charge in [-0.3, -0.25) is 0 Å². The zero-order valence-electron chi connectivity index (χ0n) is 10.6.